The molecule has 0 amide bonds. The van der Waals surface area contributed by atoms with Crippen LogP contribution in [0.5, 0.6) is 0 Å². The summed E-state index contributed by atoms with van der Waals surface area (Å²) in [5.74, 6) is 0.210. The Labute approximate surface area is 111 Å². The number of methoxy groups -OCH3 is 1. The number of hydrogen-bond donors (Lipinski definition) is 1. The van der Waals surface area contributed by atoms with Crippen LogP contribution in [0, 0.1) is 5.92 Å². The number of sulfonamides is 1. The van der Waals surface area contributed by atoms with Gasteiger partial charge in [0.05, 0.1) is 6.61 Å². The van der Waals surface area contributed by atoms with E-state index in [9.17, 15) is 8.42 Å². The maximum atomic E-state index is 12.3. The van der Waals surface area contributed by atoms with Crippen molar-refractivity contribution in [2.75, 3.05) is 32.5 Å². The summed E-state index contributed by atoms with van der Waals surface area (Å²) in [5, 5.41) is 7.27. The van der Waals surface area contributed by atoms with Crippen LogP contribution in [0.3, 0.4) is 0 Å². The van der Waals surface area contributed by atoms with Crippen LogP contribution in [-0.2, 0) is 14.8 Å². The number of aromatic nitrogens is 2. The molecule has 0 aromatic carbocycles. The molecule has 0 saturated carbocycles. The monoisotopic (exact) mass is 294 g/mol. The highest BCUT2D eigenvalue weighted by atomic mass is 32.2. The second-order valence-electron chi connectivity index (χ2n) is 4.16. The fourth-order valence-electron chi connectivity index (χ4n) is 1.35. The number of nitrogens with zero attached hydrogens (tertiary/aromatic N) is 3. The molecular formula is C9H18N4O3S2. The van der Waals surface area contributed by atoms with Crippen LogP contribution in [0.1, 0.15) is 13.8 Å². The zero-order chi connectivity index (χ0) is 13.8. The molecule has 0 bridgehead atoms. The fraction of sp³-hybridized carbons (Fsp3) is 0.778. The highest BCUT2D eigenvalue weighted by Crippen LogP contribution is 2.21. The van der Waals surface area contributed by atoms with Gasteiger partial charge < -0.3 is 10.5 Å². The first kappa shape index (κ1) is 15.3. The van der Waals surface area contributed by atoms with E-state index < -0.39 is 10.0 Å². The predicted octanol–water partition coefficient (Wildman–Crippen LogP) is 0.413. The van der Waals surface area contributed by atoms with Gasteiger partial charge in [0.2, 0.25) is 9.47 Å². The van der Waals surface area contributed by atoms with Crippen LogP contribution in [0.25, 0.3) is 0 Å². The van der Waals surface area contributed by atoms with Crippen molar-refractivity contribution in [3.63, 3.8) is 0 Å². The Balaban J connectivity index is 2.95. The molecule has 0 spiro atoms. The molecule has 7 nitrogen and oxygen atoms in total. The van der Waals surface area contributed by atoms with E-state index in [1.165, 1.54) is 11.4 Å². The largest absolute Gasteiger partial charge is 0.383 e. The van der Waals surface area contributed by atoms with Gasteiger partial charge in [0, 0.05) is 20.2 Å². The Morgan fingerprint density at radius 1 is 1.44 bits per heavy atom. The zero-order valence-electron chi connectivity index (χ0n) is 10.7. The average Bonchev–Trinajstić information content (AvgIpc) is 2.71. The molecule has 1 heterocycles. The molecule has 9 heteroatoms. The first-order chi connectivity index (χ1) is 8.37. The summed E-state index contributed by atoms with van der Waals surface area (Å²) in [4.78, 5) is 0. The number of ether oxygens (including phenoxy) is 1. The molecule has 104 valence electrons. The van der Waals surface area contributed by atoms with Crippen LogP contribution in [0.2, 0.25) is 0 Å². The average molecular weight is 294 g/mol. The first-order valence-corrected chi connectivity index (χ1v) is 7.71. The number of hydrogen-bond acceptors (Lipinski definition) is 7. The van der Waals surface area contributed by atoms with E-state index in [0.29, 0.717) is 13.2 Å². The molecule has 0 radical (unpaired) electrons. The molecule has 2 N–H and O–H groups in total. The summed E-state index contributed by atoms with van der Waals surface area (Å²) in [6.45, 7) is 4.93. The zero-order valence-corrected chi connectivity index (χ0v) is 12.3. The minimum absolute atomic E-state index is 0.0725. The van der Waals surface area contributed by atoms with Crippen LogP contribution >= 0.6 is 11.3 Å². The Morgan fingerprint density at radius 3 is 2.56 bits per heavy atom. The van der Waals surface area contributed by atoms with Crippen molar-refractivity contribution in [2.45, 2.75) is 18.2 Å². The van der Waals surface area contributed by atoms with E-state index in [1.807, 2.05) is 13.8 Å². The Hall–Kier alpha value is -0.770. The molecule has 0 saturated heterocycles. The lowest BCUT2D eigenvalue weighted by Crippen LogP contribution is -2.36. The number of rotatable bonds is 7. The minimum Gasteiger partial charge on any atom is -0.383 e. The third-order valence-corrected chi connectivity index (χ3v) is 5.06. The predicted molar refractivity (Wildman–Crippen MR) is 69.8 cm³/mol. The van der Waals surface area contributed by atoms with E-state index in [1.54, 1.807) is 0 Å². The molecule has 1 aromatic rings. The fourth-order valence-corrected chi connectivity index (χ4v) is 3.86. The summed E-state index contributed by atoms with van der Waals surface area (Å²) < 4.78 is 30.8. The second-order valence-corrected chi connectivity index (χ2v) is 7.28. The number of anilines is 1. The maximum absolute atomic E-state index is 12.3. The Bertz CT molecular complexity index is 472. The molecule has 0 aliphatic heterocycles. The van der Waals surface area contributed by atoms with Crippen molar-refractivity contribution < 1.29 is 13.2 Å². The van der Waals surface area contributed by atoms with E-state index in [4.69, 9.17) is 10.5 Å². The van der Waals surface area contributed by atoms with Gasteiger partial charge in [-0.05, 0) is 5.92 Å². The molecule has 0 aliphatic rings. The maximum Gasteiger partial charge on any atom is 0.272 e. The van der Waals surface area contributed by atoms with Gasteiger partial charge in [-0.15, -0.1) is 10.2 Å². The van der Waals surface area contributed by atoms with Crippen LogP contribution in [-0.4, -0.2) is 49.7 Å². The summed E-state index contributed by atoms with van der Waals surface area (Å²) in [6.07, 6.45) is 0. The standard InChI is InChI=1S/C9H18N4O3S2/c1-7(2)6-13(4-5-16-3)18(14,15)9-12-11-8(10)17-9/h7H,4-6H2,1-3H3,(H2,10,11). The van der Waals surface area contributed by atoms with Gasteiger partial charge in [-0.3, -0.25) is 0 Å². The van der Waals surface area contributed by atoms with E-state index >= 15 is 0 Å². The highest BCUT2D eigenvalue weighted by Gasteiger charge is 2.28. The Morgan fingerprint density at radius 2 is 2.11 bits per heavy atom. The van der Waals surface area contributed by atoms with Crippen LogP contribution in [0.15, 0.2) is 4.34 Å². The summed E-state index contributed by atoms with van der Waals surface area (Å²) in [5.41, 5.74) is 5.41. The number of nitrogen functional groups attached to an aromatic ring is 1. The molecule has 18 heavy (non-hydrogen) atoms. The molecule has 0 aliphatic carbocycles. The highest BCUT2D eigenvalue weighted by molar-refractivity contribution is 7.91. The van der Waals surface area contributed by atoms with Gasteiger partial charge in [-0.1, -0.05) is 25.2 Å². The smallest absolute Gasteiger partial charge is 0.272 e. The third-order valence-electron chi connectivity index (χ3n) is 2.10. The van der Waals surface area contributed by atoms with Gasteiger partial charge in [0.15, 0.2) is 0 Å². The van der Waals surface area contributed by atoms with Crippen molar-refractivity contribution in [3.8, 4) is 0 Å². The third kappa shape index (κ3) is 3.87. The molecule has 1 aromatic heterocycles. The van der Waals surface area contributed by atoms with Crippen molar-refractivity contribution in [2.24, 2.45) is 5.92 Å². The SMILES string of the molecule is COCCN(CC(C)C)S(=O)(=O)c1nnc(N)s1. The lowest BCUT2D eigenvalue weighted by Gasteiger charge is -2.21. The summed E-state index contributed by atoms with van der Waals surface area (Å²) in [7, 11) is -2.10. The molecule has 0 fully saturated rings. The van der Waals surface area contributed by atoms with Gasteiger partial charge in [0.25, 0.3) is 10.0 Å². The number of nitrogens with two attached hydrogens (primary N) is 1. The lowest BCUT2D eigenvalue weighted by molar-refractivity contribution is 0.175. The van der Waals surface area contributed by atoms with E-state index in [2.05, 4.69) is 10.2 Å². The minimum atomic E-state index is -3.63. The van der Waals surface area contributed by atoms with Gasteiger partial charge >= 0.3 is 0 Å². The van der Waals surface area contributed by atoms with Crippen molar-refractivity contribution in [1.29, 1.82) is 0 Å². The first-order valence-electron chi connectivity index (χ1n) is 5.46. The van der Waals surface area contributed by atoms with Crippen molar-refractivity contribution in [1.82, 2.24) is 14.5 Å². The normalized spacial score (nSPS) is 12.5. The molecule has 1 rings (SSSR count). The lowest BCUT2D eigenvalue weighted by atomic mass is 10.2. The summed E-state index contributed by atoms with van der Waals surface area (Å²) in [6, 6.07) is 0. The van der Waals surface area contributed by atoms with Crippen molar-refractivity contribution in [3.05, 3.63) is 0 Å². The van der Waals surface area contributed by atoms with Crippen LogP contribution in [0.4, 0.5) is 5.13 Å². The summed E-state index contributed by atoms with van der Waals surface area (Å²) >= 11 is 0.869. The van der Waals surface area contributed by atoms with Crippen LogP contribution < -0.4 is 5.73 Å². The quantitative estimate of drug-likeness (QED) is 0.782. The van der Waals surface area contributed by atoms with Gasteiger partial charge in [-0.25, -0.2) is 8.42 Å². The van der Waals surface area contributed by atoms with Crippen molar-refractivity contribution >= 4 is 26.5 Å². The molecular weight excluding hydrogens is 276 g/mol. The molecule has 0 atom stereocenters. The second kappa shape index (κ2) is 6.41. The van der Waals surface area contributed by atoms with Gasteiger partial charge in [0.1, 0.15) is 0 Å². The van der Waals surface area contributed by atoms with Gasteiger partial charge in [-0.2, -0.15) is 4.31 Å². The topological polar surface area (TPSA) is 98.4 Å². The Kier molecular flexibility index (Phi) is 5.45. The van der Waals surface area contributed by atoms with E-state index in [0.717, 1.165) is 11.3 Å². The molecule has 0 unspecified atom stereocenters. The van der Waals surface area contributed by atoms with E-state index in [-0.39, 0.29) is 21.9 Å².